The van der Waals surface area contributed by atoms with E-state index in [2.05, 4.69) is 53.7 Å². The summed E-state index contributed by atoms with van der Waals surface area (Å²) in [6, 6.07) is 0. The average Bonchev–Trinajstić information content (AvgIpc) is 2.58. The first-order valence-corrected chi connectivity index (χ1v) is 13.1. The number of nitrogens with zero attached hydrogens (tertiary/aromatic N) is 2. The van der Waals surface area contributed by atoms with Gasteiger partial charge in [-0.25, -0.2) is 0 Å². The molecular formula is C22H53N2O6P. The van der Waals surface area contributed by atoms with Crippen LogP contribution < -0.4 is 9.79 Å². The zero-order valence-corrected chi connectivity index (χ0v) is 22.4. The normalized spacial score (nSPS) is 12.0. The largest absolute Gasteiger partial charge is 0.790 e. The van der Waals surface area contributed by atoms with Crippen LogP contribution in [0.1, 0.15) is 71.1 Å². The minimum atomic E-state index is -4.74. The molecule has 2 N–H and O–H groups in total. The molecule has 0 aromatic rings. The minimum absolute atomic E-state index is 0.0424. The van der Waals surface area contributed by atoms with E-state index in [4.69, 9.17) is 10.2 Å². The van der Waals surface area contributed by atoms with Crippen LogP contribution in [0.25, 0.3) is 0 Å². The van der Waals surface area contributed by atoms with Crippen molar-refractivity contribution >= 4 is 7.82 Å². The van der Waals surface area contributed by atoms with Gasteiger partial charge in [-0.1, -0.05) is 64.7 Å². The monoisotopic (exact) mass is 472 g/mol. The molecule has 0 aliphatic heterocycles. The maximum atomic E-state index is 10.1. The number of unbranched alkanes of at least 4 members (excludes halogenated alkanes) is 9. The molecule has 0 aliphatic rings. The quantitative estimate of drug-likeness (QED) is 0.202. The van der Waals surface area contributed by atoms with E-state index < -0.39 is 7.82 Å². The standard InChI is InChI=1S/C12H27O4P.2C5H14NO/c1-2-3-4-5-6-7-8-9-10-11-12-16-17(13,14)15;2*1-6(2,3)4-5-7/h2-12H2,1H3,(H2,13,14,15);2*7H,4-5H2,1-3H3/q;2*+1/p-2. The van der Waals surface area contributed by atoms with Crippen LogP contribution in [0.3, 0.4) is 0 Å². The molecule has 9 heteroatoms. The van der Waals surface area contributed by atoms with Gasteiger partial charge in [-0.15, -0.1) is 0 Å². The van der Waals surface area contributed by atoms with Gasteiger partial charge < -0.3 is 38.1 Å². The summed E-state index contributed by atoms with van der Waals surface area (Å²) in [5, 5.41) is 16.8. The summed E-state index contributed by atoms with van der Waals surface area (Å²) in [4.78, 5) is 20.3. The molecule has 0 aromatic heterocycles. The number of quaternary nitrogens is 2. The minimum Gasteiger partial charge on any atom is -0.790 e. The molecule has 0 unspecified atom stereocenters. The molecule has 8 nitrogen and oxygen atoms in total. The molecule has 192 valence electrons. The second-order valence-electron chi connectivity index (χ2n) is 9.94. The second-order valence-corrected chi connectivity index (χ2v) is 11.1. The summed E-state index contributed by atoms with van der Waals surface area (Å²) < 4.78 is 16.0. The fourth-order valence-electron chi connectivity index (χ4n) is 2.37. The van der Waals surface area contributed by atoms with Gasteiger partial charge in [0.1, 0.15) is 13.1 Å². The van der Waals surface area contributed by atoms with Crippen LogP contribution in [-0.2, 0) is 9.09 Å². The predicted octanol–water partition coefficient (Wildman–Crippen LogP) is 2.12. The highest BCUT2D eigenvalue weighted by atomic mass is 31.2. The number of hydrogen-bond acceptors (Lipinski definition) is 6. The molecule has 0 saturated carbocycles. The summed E-state index contributed by atoms with van der Waals surface area (Å²) in [7, 11) is 7.57. The highest BCUT2D eigenvalue weighted by Gasteiger charge is 2.02. The molecule has 0 aromatic carbocycles. The van der Waals surface area contributed by atoms with Crippen molar-refractivity contribution in [2.24, 2.45) is 0 Å². The molecule has 0 atom stereocenters. The van der Waals surface area contributed by atoms with Crippen molar-refractivity contribution in [2.45, 2.75) is 71.1 Å². The third kappa shape index (κ3) is 48.6. The number of aliphatic hydroxyl groups excluding tert-OH is 2. The number of likely N-dealkylation sites (N-methyl/N-ethyl adjacent to an activating group) is 2. The lowest BCUT2D eigenvalue weighted by atomic mass is 10.1. The highest BCUT2D eigenvalue weighted by molar-refractivity contribution is 7.43. The van der Waals surface area contributed by atoms with Crippen molar-refractivity contribution in [2.75, 3.05) is 75.2 Å². The molecule has 0 rings (SSSR count). The Morgan fingerprint density at radius 2 is 1.00 bits per heavy atom. The number of phosphoric acid groups is 1. The summed E-state index contributed by atoms with van der Waals surface area (Å²) in [6.07, 6.45) is 11.7. The Balaban J connectivity index is -0.000000460. The smallest absolute Gasteiger partial charge is 0.101 e. The van der Waals surface area contributed by atoms with Crippen molar-refractivity contribution in [1.29, 1.82) is 0 Å². The third-order valence-corrected chi connectivity index (χ3v) is 4.79. The number of phosphoric ester groups is 1. The Morgan fingerprint density at radius 1 is 0.677 bits per heavy atom. The number of hydrogen-bond donors (Lipinski definition) is 2. The van der Waals surface area contributed by atoms with Crippen molar-refractivity contribution in [3.8, 4) is 0 Å². The van der Waals surface area contributed by atoms with E-state index in [1.807, 2.05) is 0 Å². The van der Waals surface area contributed by atoms with Crippen LogP contribution in [0.5, 0.6) is 0 Å². The summed E-state index contributed by atoms with van der Waals surface area (Å²) >= 11 is 0. The van der Waals surface area contributed by atoms with E-state index in [0.717, 1.165) is 34.9 Å². The van der Waals surface area contributed by atoms with Gasteiger partial charge in [0.05, 0.1) is 69.9 Å². The van der Waals surface area contributed by atoms with Crippen LogP contribution in [-0.4, -0.2) is 94.4 Å². The van der Waals surface area contributed by atoms with E-state index in [-0.39, 0.29) is 19.8 Å². The molecule has 0 radical (unpaired) electrons. The average molecular weight is 473 g/mol. The van der Waals surface area contributed by atoms with Crippen LogP contribution in [0, 0.1) is 0 Å². The zero-order chi connectivity index (χ0) is 24.8. The Labute approximate surface area is 192 Å². The van der Waals surface area contributed by atoms with Crippen molar-refractivity contribution < 1.29 is 38.1 Å². The first-order valence-electron chi connectivity index (χ1n) is 11.7. The maximum Gasteiger partial charge on any atom is 0.101 e. The Bertz CT molecular complexity index is 390. The summed E-state index contributed by atoms with van der Waals surface area (Å²) in [6.45, 7) is 4.48. The lowest BCUT2D eigenvalue weighted by Crippen LogP contribution is -2.36. The summed E-state index contributed by atoms with van der Waals surface area (Å²) in [5.41, 5.74) is 0. The first kappa shape index (κ1) is 35.5. The van der Waals surface area contributed by atoms with Crippen LogP contribution in [0.15, 0.2) is 0 Å². The fourth-order valence-corrected chi connectivity index (χ4v) is 2.72. The summed E-state index contributed by atoms with van der Waals surface area (Å²) in [5.74, 6) is 0. The Kier molecular flexibility index (Phi) is 25.0. The van der Waals surface area contributed by atoms with E-state index >= 15 is 0 Å². The molecular weight excluding hydrogens is 419 g/mol. The molecule has 0 spiro atoms. The van der Waals surface area contributed by atoms with Gasteiger partial charge in [-0.05, 0) is 6.42 Å². The lowest BCUT2D eigenvalue weighted by molar-refractivity contribution is -0.870. The molecule has 31 heavy (non-hydrogen) atoms. The van der Waals surface area contributed by atoms with Gasteiger partial charge >= 0.3 is 0 Å². The topological polar surface area (TPSA) is 113 Å². The molecule has 0 heterocycles. The molecule has 0 amide bonds. The Hall–Kier alpha value is -0.0500. The fraction of sp³-hybridized carbons (Fsp3) is 1.00. The second kappa shape index (κ2) is 21.8. The van der Waals surface area contributed by atoms with E-state index in [0.29, 0.717) is 6.42 Å². The van der Waals surface area contributed by atoms with Crippen molar-refractivity contribution in [3.05, 3.63) is 0 Å². The third-order valence-electron chi connectivity index (χ3n) is 4.29. The van der Waals surface area contributed by atoms with Crippen molar-refractivity contribution in [1.82, 2.24) is 0 Å². The van der Waals surface area contributed by atoms with Crippen molar-refractivity contribution in [3.63, 3.8) is 0 Å². The molecule has 0 fully saturated rings. The van der Waals surface area contributed by atoms with Crippen LogP contribution >= 0.6 is 7.82 Å². The van der Waals surface area contributed by atoms with Gasteiger partial charge in [0, 0.05) is 0 Å². The van der Waals surface area contributed by atoms with Gasteiger partial charge in [0.15, 0.2) is 0 Å². The Morgan fingerprint density at radius 3 is 1.23 bits per heavy atom. The molecule has 0 bridgehead atoms. The predicted molar refractivity (Wildman–Crippen MR) is 125 cm³/mol. The van der Waals surface area contributed by atoms with E-state index in [1.165, 1.54) is 44.9 Å². The SMILES string of the molecule is CCCCCCCCCCCCOP(=O)([O-])[O-].C[N+](C)(C)CCO.C[N+](C)(C)CCO. The molecule has 0 aliphatic carbocycles. The van der Waals surface area contributed by atoms with Gasteiger partial charge in [0.2, 0.25) is 0 Å². The lowest BCUT2D eigenvalue weighted by Gasteiger charge is -2.28. The molecule has 0 saturated heterocycles. The van der Waals surface area contributed by atoms with E-state index in [9.17, 15) is 14.4 Å². The number of rotatable bonds is 16. The first-order chi connectivity index (χ1) is 14.2. The van der Waals surface area contributed by atoms with Crippen LogP contribution in [0.2, 0.25) is 0 Å². The van der Waals surface area contributed by atoms with E-state index in [1.54, 1.807) is 0 Å². The number of aliphatic hydroxyl groups is 2. The van der Waals surface area contributed by atoms with Gasteiger partial charge in [-0.3, -0.25) is 0 Å². The van der Waals surface area contributed by atoms with Gasteiger partial charge in [0.25, 0.3) is 0 Å². The van der Waals surface area contributed by atoms with Gasteiger partial charge in [-0.2, -0.15) is 0 Å². The zero-order valence-electron chi connectivity index (χ0n) is 21.5. The maximum absolute atomic E-state index is 10.1. The van der Waals surface area contributed by atoms with Crippen LogP contribution in [0.4, 0.5) is 0 Å². The highest BCUT2D eigenvalue weighted by Crippen LogP contribution is 2.24.